The van der Waals surface area contributed by atoms with E-state index in [1.165, 1.54) is 34.6 Å². The quantitative estimate of drug-likeness (QED) is 0.404. The molecule has 3 aromatic carbocycles. The van der Waals surface area contributed by atoms with E-state index in [9.17, 15) is 22.4 Å². The number of Topliss-reactive ketones (excluding diaryl/α,β-unsaturated/α-hetero) is 1. The van der Waals surface area contributed by atoms with Crippen LogP contribution in [-0.2, 0) is 20.2 Å². The van der Waals surface area contributed by atoms with Gasteiger partial charge < -0.3 is 10.2 Å². The number of nitrogens with zero attached hydrogens (tertiary/aromatic N) is 2. The molecule has 1 saturated carbocycles. The summed E-state index contributed by atoms with van der Waals surface area (Å²) in [6, 6.07) is 17.9. The molecule has 1 heterocycles. The van der Waals surface area contributed by atoms with Gasteiger partial charge >= 0.3 is 0 Å². The van der Waals surface area contributed by atoms with Gasteiger partial charge in [0.25, 0.3) is 5.91 Å². The second-order valence-corrected chi connectivity index (χ2v) is 13.0. The summed E-state index contributed by atoms with van der Waals surface area (Å²) in [6.45, 7) is 1.52. The summed E-state index contributed by atoms with van der Waals surface area (Å²) >= 11 is 9.86. The van der Waals surface area contributed by atoms with Crippen LogP contribution < -0.4 is 10.2 Å². The van der Waals surface area contributed by atoms with E-state index in [1.54, 1.807) is 12.1 Å². The van der Waals surface area contributed by atoms with Crippen LogP contribution in [0.3, 0.4) is 0 Å². The van der Waals surface area contributed by atoms with E-state index in [0.717, 1.165) is 15.7 Å². The van der Waals surface area contributed by atoms with E-state index in [2.05, 4.69) is 21.2 Å². The number of hydrogen-bond donors (Lipinski definition) is 1. The third-order valence-electron chi connectivity index (χ3n) is 7.35. The lowest BCUT2D eigenvalue weighted by Gasteiger charge is -2.41. The van der Waals surface area contributed by atoms with Crippen molar-refractivity contribution in [1.29, 1.82) is 0 Å². The first-order chi connectivity index (χ1) is 18.6. The van der Waals surface area contributed by atoms with Crippen LogP contribution in [0.2, 0.25) is 5.02 Å². The van der Waals surface area contributed by atoms with Crippen molar-refractivity contribution in [3.05, 3.63) is 93.2 Å². The van der Waals surface area contributed by atoms with Gasteiger partial charge in [-0.25, -0.2) is 12.8 Å². The van der Waals surface area contributed by atoms with E-state index < -0.39 is 21.3 Å². The lowest BCUT2D eigenvalue weighted by molar-refractivity contribution is -0.128. The van der Waals surface area contributed by atoms with Crippen LogP contribution in [0.1, 0.15) is 28.8 Å². The maximum absolute atomic E-state index is 13.5. The Morgan fingerprint density at radius 2 is 1.67 bits per heavy atom. The number of sulfonamides is 1. The zero-order valence-electron chi connectivity index (χ0n) is 20.9. The largest absolute Gasteiger partial charge is 0.369 e. The molecule has 11 heteroatoms. The van der Waals surface area contributed by atoms with Crippen LogP contribution in [0.25, 0.3) is 0 Å². The maximum Gasteiger partial charge on any atom is 0.251 e. The van der Waals surface area contributed by atoms with Crippen molar-refractivity contribution >= 4 is 54.9 Å². The summed E-state index contributed by atoms with van der Waals surface area (Å²) in [6.07, 6.45) is 0.639. The van der Waals surface area contributed by atoms with E-state index in [-0.39, 0.29) is 46.7 Å². The molecule has 0 bridgehead atoms. The molecule has 0 unspecified atom stereocenters. The van der Waals surface area contributed by atoms with E-state index in [4.69, 9.17) is 11.6 Å². The van der Waals surface area contributed by atoms with Crippen molar-refractivity contribution in [1.82, 2.24) is 9.62 Å². The van der Waals surface area contributed by atoms with Gasteiger partial charge in [-0.05, 0) is 54.1 Å². The van der Waals surface area contributed by atoms with Crippen molar-refractivity contribution in [2.75, 3.05) is 37.6 Å². The third kappa shape index (κ3) is 5.61. The molecule has 3 aromatic rings. The summed E-state index contributed by atoms with van der Waals surface area (Å²) in [5.74, 6) is -0.655. The van der Waals surface area contributed by atoms with Crippen molar-refractivity contribution in [2.24, 2.45) is 0 Å². The zero-order chi connectivity index (χ0) is 27.8. The monoisotopic (exact) mass is 633 g/mol. The Morgan fingerprint density at radius 1 is 1.00 bits per heavy atom. The second kappa shape index (κ2) is 11.0. The smallest absolute Gasteiger partial charge is 0.251 e. The molecule has 2 fully saturated rings. The fourth-order valence-electron chi connectivity index (χ4n) is 5.18. The molecule has 0 radical (unpaired) electrons. The molecule has 7 nitrogen and oxygen atoms in total. The first kappa shape index (κ1) is 27.8. The minimum absolute atomic E-state index is 0.0294. The highest BCUT2D eigenvalue weighted by Crippen LogP contribution is 2.43. The van der Waals surface area contributed by atoms with Crippen molar-refractivity contribution < 1.29 is 22.4 Å². The van der Waals surface area contributed by atoms with E-state index >= 15 is 0 Å². The van der Waals surface area contributed by atoms with Gasteiger partial charge in [0.05, 0.1) is 5.02 Å². The molecule has 1 saturated heterocycles. The summed E-state index contributed by atoms with van der Waals surface area (Å²) in [5, 5.41) is 2.93. The molecule has 0 spiro atoms. The predicted molar refractivity (Wildman–Crippen MR) is 151 cm³/mol. The Labute approximate surface area is 240 Å². The lowest BCUT2D eigenvalue weighted by atomic mass is 9.63. The fourth-order valence-corrected chi connectivity index (χ4v) is 7.80. The molecular formula is C28H26BrClFN3O4S. The van der Waals surface area contributed by atoms with Gasteiger partial charge in [0, 0.05) is 66.7 Å². The van der Waals surface area contributed by atoms with Gasteiger partial charge in [0.1, 0.15) is 16.5 Å². The van der Waals surface area contributed by atoms with E-state index in [0.29, 0.717) is 25.9 Å². The number of amides is 1. The van der Waals surface area contributed by atoms with Gasteiger partial charge in [-0.15, -0.1) is 0 Å². The Bertz CT molecular complexity index is 1520. The van der Waals surface area contributed by atoms with Crippen LogP contribution in [0.4, 0.5) is 10.1 Å². The Kier molecular flexibility index (Phi) is 7.83. The van der Waals surface area contributed by atoms with E-state index in [1.807, 2.05) is 29.2 Å². The molecule has 1 aliphatic heterocycles. The minimum Gasteiger partial charge on any atom is -0.369 e. The molecule has 5 rings (SSSR count). The highest BCUT2D eigenvalue weighted by Gasteiger charge is 2.46. The summed E-state index contributed by atoms with van der Waals surface area (Å²) < 4.78 is 42.5. The summed E-state index contributed by atoms with van der Waals surface area (Å²) in [5.41, 5.74) is 1.41. The minimum atomic E-state index is -3.97. The normalized spacial score (nSPS) is 17.5. The fraction of sp³-hybridized carbons (Fsp3) is 0.286. The van der Waals surface area contributed by atoms with Crippen LogP contribution in [0.5, 0.6) is 0 Å². The highest BCUT2D eigenvalue weighted by molar-refractivity contribution is 9.10. The van der Waals surface area contributed by atoms with Gasteiger partial charge in [-0.3, -0.25) is 9.59 Å². The van der Waals surface area contributed by atoms with Crippen molar-refractivity contribution in [3.63, 3.8) is 0 Å². The lowest BCUT2D eigenvalue weighted by Crippen LogP contribution is -2.50. The van der Waals surface area contributed by atoms with Gasteiger partial charge in [0.15, 0.2) is 0 Å². The molecule has 0 atom stereocenters. The molecule has 0 aromatic heterocycles. The molecule has 2 aliphatic rings. The van der Waals surface area contributed by atoms with Crippen LogP contribution in [0.15, 0.2) is 76.1 Å². The average Bonchev–Trinajstić information content (AvgIpc) is 2.91. The predicted octanol–water partition coefficient (Wildman–Crippen LogP) is 4.78. The number of anilines is 1. The number of hydrogen-bond acceptors (Lipinski definition) is 5. The summed E-state index contributed by atoms with van der Waals surface area (Å²) in [4.78, 5) is 26.9. The summed E-state index contributed by atoms with van der Waals surface area (Å²) in [7, 11) is -3.97. The molecule has 1 aliphatic carbocycles. The first-order valence-corrected chi connectivity index (χ1v) is 15.1. The Balaban J connectivity index is 1.29. The number of ketones is 1. The molecule has 39 heavy (non-hydrogen) atoms. The van der Waals surface area contributed by atoms with Crippen molar-refractivity contribution in [3.8, 4) is 0 Å². The molecule has 1 N–H and O–H groups in total. The maximum atomic E-state index is 13.5. The zero-order valence-corrected chi connectivity index (χ0v) is 24.0. The average molecular weight is 635 g/mol. The standard InChI is InChI=1S/C28H26BrClFN3O4S/c29-24-4-2-1-3-23(24)28(16-22(35)17-28)18-32-27(36)19-5-10-25(30)26(15-19)39(37,38)34-13-11-33(12-14-34)21-8-6-20(31)7-9-21/h1-10,15H,11-14,16-18H2,(H,32,36). The number of carbonyl (C=O) groups excluding carboxylic acids is 2. The van der Waals surface area contributed by atoms with Crippen LogP contribution >= 0.6 is 27.5 Å². The Morgan fingerprint density at radius 3 is 2.31 bits per heavy atom. The number of piperazine rings is 1. The molecule has 1 amide bonds. The number of nitrogens with one attached hydrogen (secondary N) is 1. The van der Waals surface area contributed by atoms with Crippen molar-refractivity contribution in [2.45, 2.75) is 23.2 Å². The molecule has 204 valence electrons. The highest BCUT2D eigenvalue weighted by atomic mass is 79.9. The Hall–Kier alpha value is -2.79. The van der Waals surface area contributed by atoms with Gasteiger partial charge in [-0.2, -0.15) is 4.31 Å². The third-order valence-corrected chi connectivity index (χ3v) is 10.4. The number of rotatable bonds is 7. The number of benzene rings is 3. The van der Waals surface area contributed by atoms with Crippen LogP contribution in [-0.4, -0.2) is 57.1 Å². The first-order valence-electron chi connectivity index (χ1n) is 12.4. The number of carbonyl (C=O) groups is 2. The van der Waals surface area contributed by atoms with Gasteiger partial charge in [0.2, 0.25) is 10.0 Å². The van der Waals surface area contributed by atoms with Gasteiger partial charge in [-0.1, -0.05) is 45.7 Å². The topological polar surface area (TPSA) is 86.8 Å². The SMILES string of the molecule is O=C1CC(CNC(=O)c2ccc(Cl)c(S(=O)(=O)N3CCN(c4ccc(F)cc4)CC3)c2)(c2ccccc2Br)C1. The van der Waals surface area contributed by atoms with Crippen LogP contribution in [0, 0.1) is 5.82 Å². The second-order valence-electron chi connectivity index (χ2n) is 9.85. The number of halogens is 3. The molecular weight excluding hydrogens is 609 g/mol.